The maximum absolute atomic E-state index is 11.9. The molecule has 4 unspecified atom stereocenters. The van der Waals surface area contributed by atoms with Crippen LogP contribution in [0.25, 0.3) is 0 Å². The highest BCUT2D eigenvalue weighted by molar-refractivity contribution is 5.96. The molecule has 0 aromatic carbocycles. The molecule has 4 atom stereocenters. The molecule has 1 aromatic heterocycles. The van der Waals surface area contributed by atoms with E-state index in [1.54, 1.807) is 6.20 Å². The summed E-state index contributed by atoms with van der Waals surface area (Å²) in [6.45, 7) is 0. The number of anilines is 1. The predicted octanol–water partition coefficient (Wildman–Crippen LogP) is 4.09. The maximum atomic E-state index is 11.9. The Kier molecular flexibility index (Phi) is 2.63. The normalized spacial score (nSPS) is 32.0. The Morgan fingerprint density at radius 3 is 2.65 bits per heavy atom. The van der Waals surface area contributed by atoms with Crippen LogP contribution in [-0.4, -0.2) is 10.9 Å². The number of allylic oxidation sites excluding steroid dienone is 3. The highest BCUT2D eigenvalue weighted by Gasteiger charge is 2.54. The van der Waals surface area contributed by atoms with Crippen molar-refractivity contribution in [3.8, 4) is 0 Å². The molecule has 0 radical (unpaired) electrons. The summed E-state index contributed by atoms with van der Waals surface area (Å²) in [4.78, 5) is 38.1. The van der Waals surface area contributed by atoms with Gasteiger partial charge in [-0.25, -0.2) is 4.98 Å². The number of carbonyl (C=O) groups excluding carboxylic acids is 1. The molecule has 130 valence electrons. The standard InChI is InChI=1S/C19H16N4O3/c24-19(23-26)18-15-8-2-1-7(3-8)14(15)12(6-20-18)21-17-13-9-4-10(13)16(17)11(5-9)22-25/h6-10,21H,1-5H2. The lowest BCUT2D eigenvalue weighted by atomic mass is 9.51. The monoisotopic (exact) mass is 348 g/mol. The SMILES string of the molecule is O=NC(=O)c1ncc(NC2=C3C4CC(N=O)=C2C3C4)c2c1C1CCC2C1. The molecule has 7 nitrogen and oxygen atoms in total. The summed E-state index contributed by atoms with van der Waals surface area (Å²) >= 11 is 0. The fourth-order valence-corrected chi connectivity index (χ4v) is 6.02. The number of nitrogens with one attached hydrogen (secondary N) is 1. The molecule has 2 fully saturated rings. The molecule has 6 aliphatic rings. The van der Waals surface area contributed by atoms with Crippen molar-refractivity contribution in [2.45, 2.75) is 43.9 Å². The molecule has 7 rings (SSSR count). The van der Waals surface area contributed by atoms with Crippen LogP contribution in [0, 0.1) is 21.6 Å². The van der Waals surface area contributed by atoms with Crippen LogP contribution >= 0.6 is 0 Å². The molecular formula is C19H16N4O3. The molecule has 6 bridgehead atoms. The number of pyridine rings is 1. The number of carbonyl (C=O) groups is 1. The van der Waals surface area contributed by atoms with Crippen molar-refractivity contribution in [2.24, 2.45) is 22.2 Å². The average Bonchev–Trinajstić information content (AvgIpc) is 3.28. The number of hydrogen-bond donors (Lipinski definition) is 1. The van der Waals surface area contributed by atoms with E-state index in [-0.39, 0.29) is 5.69 Å². The number of nitrogens with zero attached hydrogens (tertiary/aromatic N) is 3. The number of rotatable bonds is 4. The van der Waals surface area contributed by atoms with Gasteiger partial charge >= 0.3 is 5.91 Å². The molecule has 7 heteroatoms. The van der Waals surface area contributed by atoms with Crippen molar-refractivity contribution in [2.75, 3.05) is 5.32 Å². The Hall–Kier alpha value is -2.70. The Balaban J connectivity index is 1.45. The zero-order valence-electron chi connectivity index (χ0n) is 14.0. The van der Waals surface area contributed by atoms with E-state index in [0.29, 0.717) is 29.4 Å². The Morgan fingerprint density at radius 2 is 1.92 bits per heavy atom. The number of nitroso groups, excluding NO2 is 2. The van der Waals surface area contributed by atoms with Crippen LogP contribution in [0.1, 0.15) is 65.6 Å². The molecule has 1 heterocycles. The van der Waals surface area contributed by atoms with Crippen molar-refractivity contribution in [3.05, 3.63) is 55.4 Å². The molecule has 2 saturated carbocycles. The first-order chi connectivity index (χ1) is 12.7. The minimum Gasteiger partial charge on any atom is -0.354 e. The molecule has 0 spiro atoms. The lowest BCUT2D eigenvalue weighted by Crippen LogP contribution is -2.46. The fraction of sp³-hybridized carbons (Fsp3) is 0.474. The van der Waals surface area contributed by atoms with E-state index >= 15 is 0 Å². The summed E-state index contributed by atoms with van der Waals surface area (Å²) in [5, 5.41) is 9.35. The van der Waals surface area contributed by atoms with E-state index in [4.69, 9.17) is 0 Å². The van der Waals surface area contributed by atoms with E-state index in [1.165, 1.54) is 5.57 Å². The maximum Gasteiger partial charge on any atom is 0.335 e. The molecule has 1 N–H and O–H groups in total. The molecular weight excluding hydrogens is 332 g/mol. The van der Waals surface area contributed by atoms with Gasteiger partial charge < -0.3 is 5.32 Å². The molecule has 1 aromatic rings. The second-order valence-corrected chi connectivity index (χ2v) is 8.05. The van der Waals surface area contributed by atoms with Crippen molar-refractivity contribution in [1.82, 2.24) is 4.98 Å². The van der Waals surface area contributed by atoms with Gasteiger partial charge in [-0.3, -0.25) is 4.79 Å². The molecule has 0 saturated heterocycles. The largest absolute Gasteiger partial charge is 0.354 e. The molecule has 6 aliphatic carbocycles. The zero-order chi connectivity index (χ0) is 17.6. The van der Waals surface area contributed by atoms with Gasteiger partial charge in [0, 0.05) is 28.8 Å². The topological polar surface area (TPSA) is 101 Å². The van der Waals surface area contributed by atoms with Crippen LogP contribution in [0.4, 0.5) is 5.69 Å². The van der Waals surface area contributed by atoms with Gasteiger partial charge in [-0.15, -0.1) is 9.81 Å². The highest BCUT2D eigenvalue weighted by Crippen LogP contribution is 2.64. The van der Waals surface area contributed by atoms with E-state index in [0.717, 1.165) is 60.2 Å². The Bertz CT molecular complexity index is 993. The second-order valence-electron chi connectivity index (χ2n) is 8.05. The van der Waals surface area contributed by atoms with Crippen molar-refractivity contribution >= 4 is 11.6 Å². The summed E-state index contributed by atoms with van der Waals surface area (Å²) < 4.78 is 0. The highest BCUT2D eigenvalue weighted by atomic mass is 16.3. The van der Waals surface area contributed by atoms with Gasteiger partial charge in [-0.1, -0.05) is 0 Å². The first kappa shape index (κ1) is 14.5. The third-order valence-corrected chi connectivity index (χ3v) is 7.06. The summed E-state index contributed by atoms with van der Waals surface area (Å²) in [6, 6.07) is 0. The number of amides is 1. The average molecular weight is 348 g/mol. The smallest absolute Gasteiger partial charge is 0.335 e. The van der Waals surface area contributed by atoms with Gasteiger partial charge in [0.2, 0.25) is 0 Å². The van der Waals surface area contributed by atoms with Gasteiger partial charge in [0.1, 0.15) is 5.69 Å². The lowest BCUT2D eigenvalue weighted by Gasteiger charge is -2.55. The zero-order valence-corrected chi connectivity index (χ0v) is 14.0. The van der Waals surface area contributed by atoms with Gasteiger partial charge in [0.25, 0.3) is 0 Å². The predicted molar refractivity (Wildman–Crippen MR) is 93.4 cm³/mol. The van der Waals surface area contributed by atoms with E-state index in [2.05, 4.69) is 20.7 Å². The molecule has 1 amide bonds. The van der Waals surface area contributed by atoms with E-state index < -0.39 is 5.91 Å². The van der Waals surface area contributed by atoms with Gasteiger partial charge in [0.05, 0.1) is 17.6 Å². The van der Waals surface area contributed by atoms with Gasteiger partial charge in [-0.05, 0) is 65.3 Å². The quantitative estimate of drug-likeness (QED) is 0.826. The van der Waals surface area contributed by atoms with Crippen LogP contribution in [0.3, 0.4) is 0 Å². The number of fused-ring (bicyclic) bond motifs is 6. The summed E-state index contributed by atoms with van der Waals surface area (Å²) in [5.41, 5.74) is 7.39. The lowest BCUT2D eigenvalue weighted by molar-refractivity contribution is 0.0994. The minimum absolute atomic E-state index is 0.219. The van der Waals surface area contributed by atoms with Crippen LogP contribution in [0.2, 0.25) is 0 Å². The van der Waals surface area contributed by atoms with E-state index in [9.17, 15) is 14.6 Å². The van der Waals surface area contributed by atoms with Gasteiger partial charge in [0.15, 0.2) is 0 Å². The second kappa shape index (κ2) is 4.72. The summed E-state index contributed by atoms with van der Waals surface area (Å²) in [5.74, 6) is 0.783. The van der Waals surface area contributed by atoms with Crippen molar-refractivity contribution in [3.63, 3.8) is 0 Å². The third-order valence-electron chi connectivity index (χ3n) is 7.06. The first-order valence-corrected chi connectivity index (χ1v) is 9.19. The van der Waals surface area contributed by atoms with Crippen LogP contribution < -0.4 is 5.32 Å². The van der Waals surface area contributed by atoms with Gasteiger partial charge in [-0.2, -0.15) is 0 Å². The van der Waals surface area contributed by atoms with Crippen LogP contribution in [-0.2, 0) is 0 Å². The summed E-state index contributed by atoms with van der Waals surface area (Å²) in [7, 11) is 0. The summed E-state index contributed by atoms with van der Waals surface area (Å²) in [6.07, 6.45) is 6.70. The Morgan fingerprint density at radius 1 is 1.12 bits per heavy atom. The van der Waals surface area contributed by atoms with Crippen molar-refractivity contribution in [1.29, 1.82) is 0 Å². The van der Waals surface area contributed by atoms with Crippen LogP contribution in [0.15, 0.2) is 39.1 Å². The third kappa shape index (κ3) is 1.55. The van der Waals surface area contributed by atoms with Crippen LogP contribution in [0.5, 0.6) is 0 Å². The number of aromatic nitrogens is 1. The molecule has 26 heavy (non-hydrogen) atoms. The van der Waals surface area contributed by atoms with Crippen molar-refractivity contribution < 1.29 is 4.79 Å². The first-order valence-electron chi connectivity index (χ1n) is 9.19. The number of hydrogen-bond acceptors (Lipinski definition) is 6. The minimum atomic E-state index is -0.778. The fourth-order valence-electron chi connectivity index (χ4n) is 6.02. The Labute approximate surface area is 148 Å². The molecule has 0 aliphatic heterocycles. The van der Waals surface area contributed by atoms with E-state index in [1.807, 2.05) is 0 Å².